The third kappa shape index (κ3) is 1.25. The minimum absolute atomic E-state index is 0.426. The van der Waals surface area contributed by atoms with Crippen LogP contribution in [-0.4, -0.2) is 6.71 Å². The van der Waals surface area contributed by atoms with Crippen molar-refractivity contribution in [3.8, 4) is 11.1 Å². The maximum Gasteiger partial charge on any atom is 0.245 e. The highest BCUT2D eigenvalue weighted by Crippen LogP contribution is 2.35. The first kappa shape index (κ1) is 10.8. The van der Waals surface area contributed by atoms with E-state index in [0.717, 1.165) is 0 Å². The molecule has 92 valence electrons. The second-order valence-electron chi connectivity index (χ2n) is 5.38. The second-order valence-corrected chi connectivity index (χ2v) is 6.46. The number of hydrogen-bond donors (Lipinski definition) is 0. The Bertz CT molecular complexity index is 854. The van der Waals surface area contributed by atoms with Gasteiger partial charge in [-0.15, -0.1) is 0 Å². The number of fused-ring (bicyclic) bond motifs is 5. The van der Waals surface area contributed by atoms with E-state index in [-0.39, 0.29) is 0 Å². The van der Waals surface area contributed by atoms with Gasteiger partial charge in [0, 0.05) is 9.79 Å². The molecule has 0 spiro atoms. The molecule has 0 amide bonds. The molecule has 0 saturated heterocycles. The Hall–Kier alpha value is -1.93. The molecule has 0 bridgehead atoms. The van der Waals surface area contributed by atoms with E-state index in [2.05, 4.69) is 66.7 Å². The molecule has 2 heteroatoms. The van der Waals surface area contributed by atoms with E-state index >= 15 is 0 Å². The minimum atomic E-state index is 0.426. The Balaban J connectivity index is 1.93. The average molecular weight is 270 g/mol. The fourth-order valence-corrected chi connectivity index (χ4v) is 4.74. The minimum Gasteiger partial charge on any atom is -0.0911 e. The zero-order valence-corrected chi connectivity index (χ0v) is 11.7. The lowest BCUT2D eigenvalue weighted by atomic mass is 9.38. The molecule has 0 N–H and O–H groups in total. The molecule has 0 unspecified atom stereocenters. The SMILES string of the molecule is c1ccc2c(c1)Sc1cccc3c1B2c1ccccc1-3. The van der Waals surface area contributed by atoms with E-state index in [1.54, 1.807) is 0 Å². The Kier molecular flexibility index (Phi) is 2.05. The Labute approximate surface area is 122 Å². The second kappa shape index (κ2) is 3.80. The van der Waals surface area contributed by atoms with Gasteiger partial charge in [0.25, 0.3) is 0 Å². The largest absolute Gasteiger partial charge is 0.245 e. The van der Waals surface area contributed by atoms with Gasteiger partial charge in [0.05, 0.1) is 0 Å². The van der Waals surface area contributed by atoms with Gasteiger partial charge in [-0.25, -0.2) is 0 Å². The highest BCUT2D eigenvalue weighted by Gasteiger charge is 2.38. The molecule has 0 fully saturated rings. The summed E-state index contributed by atoms with van der Waals surface area (Å²) in [7, 11) is 0. The van der Waals surface area contributed by atoms with Crippen LogP contribution in [0, 0.1) is 0 Å². The number of benzene rings is 3. The van der Waals surface area contributed by atoms with Gasteiger partial charge in [-0.05, 0) is 28.7 Å². The monoisotopic (exact) mass is 270 g/mol. The van der Waals surface area contributed by atoms with Gasteiger partial charge in [-0.2, -0.15) is 0 Å². The molecule has 2 aliphatic heterocycles. The van der Waals surface area contributed by atoms with Crippen molar-refractivity contribution in [2.75, 3.05) is 0 Å². The zero-order chi connectivity index (χ0) is 13.1. The van der Waals surface area contributed by atoms with Crippen molar-refractivity contribution in [1.29, 1.82) is 0 Å². The predicted octanol–water partition coefficient (Wildman–Crippen LogP) is 2.65. The Morgan fingerprint density at radius 2 is 1.30 bits per heavy atom. The number of hydrogen-bond acceptors (Lipinski definition) is 1. The summed E-state index contributed by atoms with van der Waals surface area (Å²) in [5, 5.41) is 0. The van der Waals surface area contributed by atoms with Gasteiger partial charge in [0.2, 0.25) is 6.71 Å². The van der Waals surface area contributed by atoms with Crippen molar-refractivity contribution < 1.29 is 0 Å². The molecule has 0 aromatic heterocycles. The van der Waals surface area contributed by atoms with E-state index < -0.39 is 0 Å². The van der Waals surface area contributed by atoms with Gasteiger partial charge < -0.3 is 0 Å². The molecule has 3 aromatic rings. The van der Waals surface area contributed by atoms with E-state index in [1.165, 1.54) is 37.3 Å². The van der Waals surface area contributed by atoms with Crippen molar-refractivity contribution in [2.45, 2.75) is 9.79 Å². The van der Waals surface area contributed by atoms with Crippen molar-refractivity contribution in [1.82, 2.24) is 0 Å². The fourth-order valence-electron chi connectivity index (χ4n) is 3.57. The summed E-state index contributed by atoms with van der Waals surface area (Å²) in [4.78, 5) is 2.82. The first-order valence-electron chi connectivity index (χ1n) is 6.92. The van der Waals surface area contributed by atoms with Crippen molar-refractivity contribution in [2.24, 2.45) is 0 Å². The maximum absolute atomic E-state index is 2.29. The summed E-state index contributed by atoms with van der Waals surface area (Å²) >= 11 is 1.91. The Morgan fingerprint density at radius 1 is 0.600 bits per heavy atom. The molecule has 2 aliphatic rings. The van der Waals surface area contributed by atoms with Crippen molar-refractivity contribution in [3.05, 3.63) is 66.7 Å². The van der Waals surface area contributed by atoms with Gasteiger partial charge in [-0.1, -0.05) is 77.3 Å². The van der Waals surface area contributed by atoms with Crippen LogP contribution in [0.1, 0.15) is 0 Å². The smallest absolute Gasteiger partial charge is 0.0911 e. The molecular formula is C18H11BS. The molecule has 3 aromatic carbocycles. The average Bonchev–Trinajstić information content (AvgIpc) is 2.85. The van der Waals surface area contributed by atoms with E-state index in [1.807, 2.05) is 11.8 Å². The number of rotatable bonds is 0. The van der Waals surface area contributed by atoms with Crippen LogP contribution in [0.15, 0.2) is 76.5 Å². The molecule has 0 saturated carbocycles. The van der Waals surface area contributed by atoms with Gasteiger partial charge >= 0.3 is 0 Å². The predicted molar refractivity (Wildman–Crippen MR) is 87.1 cm³/mol. The van der Waals surface area contributed by atoms with Gasteiger partial charge in [0.15, 0.2) is 0 Å². The molecule has 5 rings (SSSR count). The molecule has 0 aliphatic carbocycles. The third-order valence-electron chi connectivity index (χ3n) is 4.37. The van der Waals surface area contributed by atoms with E-state index in [9.17, 15) is 0 Å². The van der Waals surface area contributed by atoms with E-state index in [0.29, 0.717) is 6.71 Å². The van der Waals surface area contributed by atoms with Crippen LogP contribution in [0.4, 0.5) is 0 Å². The van der Waals surface area contributed by atoms with Crippen molar-refractivity contribution in [3.63, 3.8) is 0 Å². The van der Waals surface area contributed by atoms with Crippen LogP contribution in [0.3, 0.4) is 0 Å². The first-order chi connectivity index (χ1) is 9.93. The topological polar surface area (TPSA) is 0 Å². The lowest BCUT2D eigenvalue weighted by Crippen LogP contribution is -2.52. The summed E-state index contributed by atoms with van der Waals surface area (Å²) in [5.41, 5.74) is 7.26. The lowest BCUT2D eigenvalue weighted by Gasteiger charge is -2.23. The molecule has 2 heterocycles. The highest BCUT2D eigenvalue weighted by atomic mass is 32.2. The maximum atomic E-state index is 2.29. The summed E-state index contributed by atoms with van der Waals surface area (Å²) in [6, 6.07) is 24.4. The quantitative estimate of drug-likeness (QED) is 0.390. The summed E-state index contributed by atoms with van der Waals surface area (Å²) in [6.45, 7) is 0.426. The molecule has 20 heavy (non-hydrogen) atoms. The molecular weight excluding hydrogens is 259 g/mol. The molecule has 0 nitrogen and oxygen atoms in total. The molecule has 0 atom stereocenters. The van der Waals surface area contributed by atoms with Gasteiger partial charge in [0.1, 0.15) is 0 Å². The standard InChI is InChI=1S/C18H11BS/c1-2-8-14-12(6-1)13-7-5-11-17-18(13)19(14)15-9-3-4-10-16(15)20-17/h1-11H. The van der Waals surface area contributed by atoms with Crippen LogP contribution < -0.4 is 16.4 Å². The van der Waals surface area contributed by atoms with Crippen LogP contribution in [0.5, 0.6) is 0 Å². The normalized spacial score (nSPS) is 13.7. The zero-order valence-electron chi connectivity index (χ0n) is 10.8. The lowest BCUT2D eigenvalue weighted by molar-refractivity contribution is 1.44. The summed E-state index contributed by atoms with van der Waals surface area (Å²) in [5.74, 6) is 0. The first-order valence-corrected chi connectivity index (χ1v) is 7.74. The van der Waals surface area contributed by atoms with Gasteiger partial charge in [-0.3, -0.25) is 0 Å². The van der Waals surface area contributed by atoms with Crippen LogP contribution in [0.2, 0.25) is 0 Å². The Morgan fingerprint density at radius 3 is 2.25 bits per heavy atom. The van der Waals surface area contributed by atoms with Crippen molar-refractivity contribution >= 4 is 34.9 Å². The third-order valence-corrected chi connectivity index (χ3v) is 5.53. The summed E-state index contributed by atoms with van der Waals surface area (Å²) in [6.07, 6.45) is 0. The van der Waals surface area contributed by atoms with Crippen LogP contribution in [-0.2, 0) is 0 Å². The molecule has 0 radical (unpaired) electrons. The fraction of sp³-hybridized carbons (Fsp3) is 0. The van der Waals surface area contributed by atoms with E-state index in [4.69, 9.17) is 0 Å². The van der Waals surface area contributed by atoms with Crippen LogP contribution >= 0.6 is 11.8 Å². The van der Waals surface area contributed by atoms with Crippen LogP contribution in [0.25, 0.3) is 11.1 Å². The highest BCUT2D eigenvalue weighted by molar-refractivity contribution is 8.00. The summed E-state index contributed by atoms with van der Waals surface area (Å²) < 4.78 is 0.